The van der Waals surface area contributed by atoms with Gasteiger partial charge in [-0.25, -0.2) is 0 Å². The maximum absolute atomic E-state index is 11.1. The van der Waals surface area contributed by atoms with Crippen molar-refractivity contribution in [3.8, 4) is 0 Å². The number of aromatic nitrogens is 1. The molecular weight excluding hydrogens is 192 g/mol. The minimum atomic E-state index is -0.309. The molecule has 4 nitrogen and oxygen atoms in total. The maximum atomic E-state index is 11.1. The molecule has 0 bridgehead atoms. The highest BCUT2D eigenvalue weighted by molar-refractivity contribution is 5.75. The van der Waals surface area contributed by atoms with E-state index in [0.717, 1.165) is 11.3 Å². The summed E-state index contributed by atoms with van der Waals surface area (Å²) in [5, 5.41) is 3.05. The summed E-state index contributed by atoms with van der Waals surface area (Å²) >= 11 is 0. The molecule has 0 aliphatic carbocycles. The van der Waals surface area contributed by atoms with E-state index in [0.29, 0.717) is 6.54 Å². The Hall–Kier alpha value is -1.42. The average molecular weight is 208 g/mol. The molecule has 0 saturated carbocycles. The predicted octanol–water partition coefficient (Wildman–Crippen LogP) is 1.04. The van der Waals surface area contributed by atoms with Crippen molar-refractivity contribution in [3.63, 3.8) is 0 Å². The van der Waals surface area contributed by atoms with Crippen LogP contribution < -0.4 is 5.32 Å². The molecule has 1 unspecified atom stereocenters. The Morgan fingerprint density at radius 3 is 3.00 bits per heavy atom. The van der Waals surface area contributed by atoms with Crippen molar-refractivity contribution in [1.82, 2.24) is 10.3 Å². The van der Waals surface area contributed by atoms with Crippen LogP contribution in [-0.2, 0) is 16.1 Å². The smallest absolute Gasteiger partial charge is 0.322 e. The first-order chi connectivity index (χ1) is 7.15. The zero-order valence-electron chi connectivity index (χ0n) is 9.28. The second-order valence-corrected chi connectivity index (χ2v) is 3.39. The van der Waals surface area contributed by atoms with Crippen LogP contribution >= 0.6 is 0 Å². The Bertz CT molecular complexity index is 339. The van der Waals surface area contributed by atoms with Crippen molar-refractivity contribution < 1.29 is 9.53 Å². The predicted molar refractivity (Wildman–Crippen MR) is 57.3 cm³/mol. The zero-order chi connectivity index (χ0) is 11.3. The van der Waals surface area contributed by atoms with Gasteiger partial charge in [0.05, 0.1) is 12.8 Å². The second kappa shape index (κ2) is 5.46. The largest absolute Gasteiger partial charge is 0.468 e. The number of hydrogen-bond donors (Lipinski definition) is 1. The second-order valence-electron chi connectivity index (χ2n) is 3.39. The minimum absolute atomic E-state index is 0.261. The van der Waals surface area contributed by atoms with E-state index in [-0.39, 0.29) is 12.0 Å². The monoisotopic (exact) mass is 208 g/mol. The number of aryl methyl sites for hydroxylation is 1. The Labute approximate surface area is 89.7 Å². The van der Waals surface area contributed by atoms with Crippen LogP contribution in [0.4, 0.5) is 0 Å². The van der Waals surface area contributed by atoms with Gasteiger partial charge in [-0.2, -0.15) is 0 Å². The van der Waals surface area contributed by atoms with E-state index >= 15 is 0 Å². The Morgan fingerprint density at radius 1 is 1.67 bits per heavy atom. The fourth-order valence-electron chi connectivity index (χ4n) is 1.21. The third-order valence-corrected chi connectivity index (χ3v) is 2.25. The summed E-state index contributed by atoms with van der Waals surface area (Å²) in [7, 11) is 1.38. The lowest BCUT2D eigenvalue weighted by atomic mass is 10.2. The van der Waals surface area contributed by atoms with E-state index in [1.54, 1.807) is 13.1 Å². The summed E-state index contributed by atoms with van der Waals surface area (Å²) < 4.78 is 4.61. The van der Waals surface area contributed by atoms with E-state index in [2.05, 4.69) is 15.0 Å². The first-order valence-corrected chi connectivity index (χ1v) is 4.87. The molecule has 1 N–H and O–H groups in total. The van der Waals surface area contributed by atoms with Crippen molar-refractivity contribution in [1.29, 1.82) is 0 Å². The summed E-state index contributed by atoms with van der Waals surface area (Å²) in [6.07, 6.45) is 1.74. The fourth-order valence-corrected chi connectivity index (χ4v) is 1.21. The summed E-state index contributed by atoms with van der Waals surface area (Å²) in [6.45, 7) is 4.33. The zero-order valence-corrected chi connectivity index (χ0v) is 9.28. The molecule has 4 heteroatoms. The van der Waals surface area contributed by atoms with E-state index < -0.39 is 0 Å². The number of nitrogens with zero attached hydrogens (tertiary/aromatic N) is 1. The molecule has 0 saturated heterocycles. The number of esters is 1. The van der Waals surface area contributed by atoms with Gasteiger partial charge >= 0.3 is 5.97 Å². The number of methoxy groups -OCH3 is 1. The lowest BCUT2D eigenvalue weighted by Gasteiger charge is -2.11. The van der Waals surface area contributed by atoms with E-state index in [4.69, 9.17) is 0 Å². The molecular formula is C11H16N2O2. The highest BCUT2D eigenvalue weighted by Gasteiger charge is 2.12. The summed E-state index contributed by atoms with van der Waals surface area (Å²) in [4.78, 5) is 15.3. The molecule has 1 aromatic heterocycles. The van der Waals surface area contributed by atoms with Gasteiger partial charge in [-0.3, -0.25) is 15.1 Å². The van der Waals surface area contributed by atoms with Crippen molar-refractivity contribution in [2.75, 3.05) is 7.11 Å². The molecule has 0 radical (unpaired) electrons. The van der Waals surface area contributed by atoms with Crippen LogP contribution in [0.25, 0.3) is 0 Å². The molecule has 1 atom stereocenters. The van der Waals surface area contributed by atoms with E-state index in [1.165, 1.54) is 7.11 Å². The van der Waals surface area contributed by atoms with Gasteiger partial charge in [-0.15, -0.1) is 0 Å². The average Bonchev–Trinajstić information content (AvgIpc) is 2.26. The molecule has 0 spiro atoms. The topological polar surface area (TPSA) is 51.2 Å². The Balaban J connectivity index is 2.50. The van der Waals surface area contributed by atoms with E-state index in [9.17, 15) is 4.79 Å². The van der Waals surface area contributed by atoms with Gasteiger partial charge in [-0.1, -0.05) is 6.07 Å². The number of nitrogens with one attached hydrogen (secondary N) is 1. The number of rotatable bonds is 4. The van der Waals surface area contributed by atoms with Crippen LogP contribution in [0.15, 0.2) is 18.3 Å². The number of carbonyl (C=O) groups is 1. The van der Waals surface area contributed by atoms with Gasteiger partial charge in [0.1, 0.15) is 6.04 Å². The fraction of sp³-hybridized carbons (Fsp3) is 0.455. The van der Waals surface area contributed by atoms with Gasteiger partial charge < -0.3 is 4.74 Å². The lowest BCUT2D eigenvalue weighted by Crippen LogP contribution is -2.34. The maximum Gasteiger partial charge on any atom is 0.322 e. The summed E-state index contributed by atoms with van der Waals surface area (Å²) in [5.41, 5.74) is 2.07. The van der Waals surface area contributed by atoms with Crippen molar-refractivity contribution >= 4 is 5.97 Å². The normalized spacial score (nSPS) is 12.2. The molecule has 1 rings (SSSR count). The first kappa shape index (κ1) is 11.7. The van der Waals surface area contributed by atoms with Crippen LogP contribution in [-0.4, -0.2) is 24.1 Å². The number of ether oxygens (including phenoxy) is 1. The van der Waals surface area contributed by atoms with Crippen molar-refractivity contribution in [3.05, 3.63) is 29.6 Å². The van der Waals surface area contributed by atoms with Crippen LogP contribution in [0.1, 0.15) is 18.2 Å². The Kier molecular flexibility index (Phi) is 4.24. The molecule has 1 aromatic rings. The lowest BCUT2D eigenvalue weighted by molar-refractivity contribution is -0.142. The SMILES string of the molecule is COC(=O)C(C)NCc1ncccc1C. The van der Waals surface area contributed by atoms with Crippen LogP contribution in [0.2, 0.25) is 0 Å². The third kappa shape index (κ3) is 3.32. The molecule has 82 valence electrons. The molecule has 0 aliphatic rings. The van der Waals surface area contributed by atoms with Crippen LogP contribution in [0.3, 0.4) is 0 Å². The van der Waals surface area contributed by atoms with Crippen molar-refractivity contribution in [2.24, 2.45) is 0 Å². The summed E-state index contributed by atoms with van der Waals surface area (Å²) in [6, 6.07) is 3.58. The van der Waals surface area contributed by atoms with Gasteiger partial charge in [0.2, 0.25) is 0 Å². The van der Waals surface area contributed by atoms with Gasteiger partial charge in [0.25, 0.3) is 0 Å². The standard InChI is InChI=1S/C11H16N2O2/c1-8-5-4-6-12-10(8)7-13-9(2)11(14)15-3/h4-6,9,13H,7H2,1-3H3. The number of carbonyl (C=O) groups excluding carboxylic acids is 1. The quantitative estimate of drug-likeness (QED) is 0.751. The molecule has 1 heterocycles. The highest BCUT2D eigenvalue weighted by Crippen LogP contribution is 2.02. The number of pyridine rings is 1. The van der Waals surface area contributed by atoms with Gasteiger partial charge in [0, 0.05) is 12.7 Å². The van der Waals surface area contributed by atoms with Crippen molar-refractivity contribution in [2.45, 2.75) is 26.4 Å². The molecule has 0 aliphatic heterocycles. The first-order valence-electron chi connectivity index (χ1n) is 4.87. The minimum Gasteiger partial charge on any atom is -0.468 e. The van der Waals surface area contributed by atoms with E-state index in [1.807, 2.05) is 19.1 Å². The molecule has 15 heavy (non-hydrogen) atoms. The highest BCUT2D eigenvalue weighted by atomic mass is 16.5. The van der Waals surface area contributed by atoms with Crippen LogP contribution in [0, 0.1) is 6.92 Å². The summed E-state index contributed by atoms with van der Waals surface area (Å²) in [5.74, 6) is -0.261. The van der Waals surface area contributed by atoms with Gasteiger partial charge in [-0.05, 0) is 25.5 Å². The third-order valence-electron chi connectivity index (χ3n) is 2.25. The molecule has 0 amide bonds. The number of hydrogen-bond acceptors (Lipinski definition) is 4. The van der Waals surface area contributed by atoms with Gasteiger partial charge in [0.15, 0.2) is 0 Å². The molecule has 0 aromatic carbocycles. The molecule has 0 fully saturated rings. The Morgan fingerprint density at radius 2 is 2.40 bits per heavy atom. The van der Waals surface area contributed by atoms with Crippen LogP contribution in [0.5, 0.6) is 0 Å².